The molecule has 238 valence electrons. The lowest BCUT2D eigenvalue weighted by Gasteiger charge is -2.28. The standard InChI is InChI=1S/C33H49N3O6S/c1-4-10-28(11-5-2)43(40,41)23-30(35-32(38)20-25-16-17-25)33(39)36-29(19-24-12-7-6-8-13-24)31(37)22-34-21-26-14-9-15-27(18-26)42-3/h6-9,12-15,18,25,28-31,34,37H,4-5,10-11,16-17,19-23H2,1-3H3,(H,35,38)(H,36,39)/t29-,30-,31+/m0/s1. The number of ether oxygens (including phenoxy) is 1. The van der Waals surface area contributed by atoms with Gasteiger partial charge in [0.15, 0.2) is 9.84 Å². The van der Waals surface area contributed by atoms with Crippen molar-refractivity contribution in [3.8, 4) is 5.75 Å². The zero-order valence-electron chi connectivity index (χ0n) is 25.8. The summed E-state index contributed by atoms with van der Waals surface area (Å²) in [6.07, 6.45) is 3.99. The Morgan fingerprint density at radius 1 is 0.977 bits per heavy atom. The van der Waals surface area contributed by atoms with Crippen LogP contribution in [-0.4, -0.2) is 68.2 Å². The Morgan fingerprint density at radius 2 is 1.65 bits per heavy atom. The number of carbonyl (C=O) groups excluding carboxylic acids is 2. The molecule has 2 aromatic rings. The summed E-state index contributed by atoms with van der Waals surface area (Å²) in [6, 6.07) is 15.1. The second-order valence-electron chi connectivity index (χ2n) is 11.7. The zero-order chi connectivity index (χ0) is 31.2. The van der Waals surface area contributed by atoms with Crippen molar-refractivity contribution in [2.45, 2.75) is 95.2 Å². The Morgan fingerprint density at radius 3 is 2.28 bits per heavy atom. The molecule has 1 saturated carbocycles. The first kappa shape index (κ1) is 34.5. The van der Waals surface area contributed by atoms with Gasteiger partial charge in [-0.3, -0.25) is 9.59 Å². The summed E-state index contributed by atoms with van der Waals surface area (Å²) in [6.45, 7) is 4.55. The van der Waals surface area contributed by atoms with E-state index in [1.54, 1.807) is 7.11 Å². The van der Waals surface area contributed by atoms with Crippen molar-refractivity contribution in [1.29, 1.82) is 0 Å². The van der Waals surface area contributed by atoms with E-state index in [1.807, 2.05) is 68.4 Å². The molecule has 3 rings (SSSR count). The van der Waals surface area contributed by atoms with Gasteiger partial charge in [-0.15, -0.1) is 0 Å². The number of rotatable bonds is 20. The van der Waals surface area contributed by atoms with Gasteiger partial charge >= 0.3 is 0 Å². The van der Waals surface area contributed by atoms with Gasteiger partial charge in [-0.2, -0.15) is 0 Å². The van der Waals surface area contributed by atoms with Gasteiger partial charge in [-0.05, 0) is 61.3 Å². The van der Waals surface area contributed by atoms with Crippen LogP contribution in [0.1, 0.15) is 69.9 Å². The molecule has 1 aliphatic rings. The quantitative estimate of drug-likeness (QED) is 0.179. The van der Waals surface area contributed by atoms with Gasteiger partial charge in [0.05, 0.1) is 30.3 Å². The summed E-state index contributed by atoms with van der Waals surface area (Å²) >= 11 is 0. The fourth-order valence-electron chi connectivity index (χ4n) is 5.26. The Balaban J connectivity index is 1.76. The number of aliphatic hydroxyl groups is 1. The largest absolute Gasteiger partial charge is 0.497 e. The first-order valence-corrected chi connectivity index (χ1v) is 17.2. The number of carbonyl (C=O) groups is 2. The molecule has 0 radical (unpaired) electrons. The smallest absolute Gasteiger partial charge is 0.243 e. The molecule has 3 atom stereocenters. The van der Waals surface area contributed by atoms with Gasteiger partial charge < -0.3 is 25.8 Å². The van der Waals surface area contributed by atoms with Crippen LogP contribution in [0.25, 0.3) is 0 Å². The summed E-state index contributed by atoms with van der Waals surface area (Å²) in [7, 11) is -2.07. The number of sulfone groups is 1. The van der Waals surface area contributed by atoms with E-state index >= 15 is 0 Å². The van der Waals surface area contributed by atoms with Crippen molar-refractivity contribution in [2.24, 2.45) is 5.92 Å². The van der Waals surface area contributed by atoms with Crippen molar-refractivity contribution < 1.29 is 27.9 Å². The van der Waals surface area contributed by atoms with E-state index < -0.39 is 44.9 Å². The summed E-state index contributed by atoms with van der Waals surface area (Å²) in [4.78, 5) is 26.5. The van der Waals surface area contributed by atoms with Crippen molar-refractivity contribution in [1.82, 2.24) is 16.0 Å². The minimum Gasteiger partial charge on any atom is -0.497 e. The number of nitrogens with one attached hydrogen (secondary N) is 3. The molecule has 43 heavy (non-hydrogen) atoms. The van der Waals surface area contributed by atoms with Crippen molar-refractivity contribution in [3.63, 3.8) is 0 Å². The highest BCUT2D eigenvalue weighted by molar-refractivity contribution is 7.92. The van der Waals surface area contributed by atoms with Crippen LogP contribution in [0.2, 0.25) is 0 Å². The molecule has 0 aliphatic heterocycles. The predicted octanol–water partition coefficient (Wildman–Crippen LogP) is 3.54. The molecule has 0 heterocycles. The third-order valence-corrected chi connectivity index (χ3v) is 10.1. The second-order valence-corrected chi connectivity index (χ2v) is 14.0. The molecule has 10 heteroatoms. The number of hydrogen-bond acceptors (Lipinski definition) is 7. The first-order valence-electron chi connectivity index (χ1n) is 15.5. The zero-order valence-corrected chi connectivity index (χ0v) is 26.6. The fourth-order valence-corrected chi connectivity index (χ4v) is 7.42. The van der Waals surface area contributed by atoms with Crippen LogP contribution < -0.4 is 20.7 Å². The molecule has 2 aromatic carbocycles. The predicted molar refractivity (Wildman–Crippen MR) is 169 cm³/mol. The van der Waals surface area contributed by atoms with E-state index in [9.17, 15) is 23.1 Å². The maximum atomic E-state index is 13.7. The van der Waals surface area contributed by atoms with E-state index in [-0.39, 0.29) is 24.8 Å². The number of amides is 2. The fraction of sp³-hybridized carbons (Fsp3) is 0.576. The highest BCUT2D eigenvalue weighted by atomic mass is 32.2. The molecular weight excluding hydrogens is 566 g/mol. The van der Waals surface area contributed by atoms with Crippen molar-refractivity contribution >= 4 is 21.7 Å². The Bertz CT molecular complexity index is 1250. The molecule has 0 unspecified atom stereocenters. The summed E-state index contributed by atoms with van der Waals surface area (Å²) in [5.41, 5.74) is 1.89. The van der Waals surface area contributed by atoms with Crippen LogP contribution in [0.15, 0.2) is 54.6 Å². The van der Waals surface area contributed by atoms with Crippen LogP contribution >= 0.6 is 0 Å². The third kappa shape index (κ3) is 11.9. The number of hydrogen-bond donors (Lipinski definition) is 4. The summed E-state index contributed by atoms with van der Waals surface area (Å²) in [5, 5.41) is 19.5. The lowest BCUT2D eigenvalue weighted by molar-refractivity contribution is -0.129. The van der Waals surface area contributed by atoms with Gasteiger partial charge in [0, 0.05) is 19.5 Å². The lowest BCUT2D eigenvalue weighted by Crippen LogP contribution is -2.57. The SMILES string of the molecule is CCCC(CCC)S(=O)(=O)C[C@H](NC(=O)CC1CC1)C(=O)N[C@@H](Cc1ccccc1)[C@H](O)CNCc1cccc(OC)c1. The van der Waals surface area contributed by atoms with Crippen LogP contribution in [-0.2, 0) is 32.4 Å². The molecule has 4 N–H and O–H groups in total. The van der Waals surface area contributed by atoms with Crippen molar-refractivity contribution in [3.05, 3.63) is 65.7 Å². The van der Waals surface area contributed by atoms with Gasteiger partial charge in [-0.1, -0.05) is 69.2 Å². The highest BCUT2D eigenvalue weighted by Gasteiger charge is 2.35. The Kier molecular flexibility index (Phi) is 14.0. The second kappa shape index (κ2) is 17.4. The Hall–Kier alpha value is -2.95. The van der Waals surface area contributed by atoms with Crippen LogP contribution in [0.3, 0.4) is 0 Å². The van der Waals surface area contributed by atoms with Gasteiger partial charge in [0.25, 0.3) is 0 Å². The maximum absolute atomic E-state index is 13.7. The van der Waals surface area contributed by atoms with E-state index in [0.29, 0.717) is 38.6 Å². The summed E-state index contributed by atoms with van der Waals surface area (Å²) in [5.74, 6) is -0.370. The number of methoxy groups -OCH3 is 1. The minimum absolute atomic E-state index is 0.182. The topological polar surface area (TPSA) is 134 Å². The summed E-state index contributed by atoms with van der Waals surface area (Å²) < 4.78 is 32.2. The molecule has 0 bridgehead atoms. The van der Waals surface area contributed by atoms with Crippen LogP contribution in [0, 0.1) is 5.92 Å². The number of aliphatic hydroxyl groups excluding tert-OH is 1. The minimum atomic E-state index is -3.68. The third-order valence-electron chi connectivity index (χ3n) is 7.86. The molecule has 0 spiro atoms. The lowest BCUT2D eigenvalue weighted by atomic mass is 10.0. The average molecular weight is 616 g/mol. The molecule has 0 saturated heterocycles. The first-order chi connectivity index (χ1) is 20.6. The molecule has 1 aliphatic carbocycles. The van der Waals surface area contributed by atoms with E-state index in [1.165, 1.54) is 0 Å². The average Bonchev–Trinajstić information content (AvgIpc) is 3.80. The van der Waals surface area contributed by atoms with Gasteiger partial charge in [0.1, 0.15) is 11.8 Å². The van der Waals surface area contributed by atoms with Gasteiger partial charge in [0.2, 0.25) is 11.8 Å². The molecular formula is C33H49N3O6S. The van der Waals surface area contributed by atoms with Gasteiger partial charge in [-0.25, -0.2) is 8.42 Å². The normalized spacial score (nSPS) is 15.5. The molecule has 1 fully saturated rings. The van der Waals surface area contributed by atoms with E-state index in [0.717, 1.165) is 29.7 Å². The highest BCUT2D eigenvalue weighted by Crippen LogP contribution is 2.32. The molecule has 2 amide bonds. The van der Waals surface area contributed by atoms with Crippen LogP contribution in [0.5, 0.6) is 5.75 Å². The monoisotopic (exact) mass is 615 g/mol. The maximum Gasteiger partial charge on any atom is 0.243 e. The molecule has 9 nitrogen and oxygen atoms in total. The van der Waals surface area contributed by atoms with Crippen LogP contribution in [0.4, 0.5) is 0 Å². The van der Waals surface area contributed by atoms with Crippen molar-refractivity contribution in [2.75, 3.05) is 19.4 Å². The molecule has 0 aromatic heterocycles. The van der Waals surface area contributed by atoms with E-state index in [4.69, 9.17) is 4.74 Å². The van der Waals surface area contributed by atoms with E-state index in [2.05, 4.69) is 16.0 Å². The Labute approximate surface area is 257 Å². The number of benzene rings is 2.